The van der Waals surface area contributed by atoms with Crippen LogP contribution in [0.5, 0.6) is 0 Å². The van der Waals surface area contributed by atoms with Crippen LogP contribution >= 0.6 is 0 Å². The number of aryl methyl sites for hydroxylation is 1. The minimum absolute atomic E-state index is 0.0926. The van der Waals surface area contributed by atoms with Gasteiger partial charge >= 0.3 is 0 Å². The van der Waals surface area contributed by atoms with Gasteiger partial charge in [0.15, 0.2) is 5.78 Å². The summed E-state index contributed by atoms with van der Waals surface area (Å²) >= 11 is 0. The van der Waals surface area contributed by atoms with Crippen molar-refractivity contribution in [3.63, 3.8) is 0 Å². The lowest BCUT2D eigenvalue weighted by atomic mass is 10.0. The number of aromatic nitrogens is 3. The number of nitrogens with zero attached hydrogens (tertiary/aromatic N) is 4. The van der Waals surface area contributed by atoms with Crippen LogP contribution in [0.15, 0.2) is 78.0 Å². The second-order valence-corrected chi connectivity index (χ2v) is 6.66. The van der Waals surface area contributed by atoms with E-state index in [1.54, 1.807) is 48.9 Å². The van der Waals surface area contributed by atoms with Crippen molar-refractivity contribution < 1.29 is 9.72 Å². The number of Topliss-reactive ketones (excluding diaryl/α,β-unsaturated/α-hetero) is 1. The molecule has 8 nitrogen and oxygen atoms in total. The molecule has 0 radical (unpaired) electrons. The van der Waals surface area contributed by atoms with Gasteiger partial charge in [0.25, 0.3) is 11.2 Å². The number of rotatable bonds is 6. The number of ketones is 1. The van der Waals surface area contributed by atoms with Gasteiger partial charge in [-0.2, -0.15) is 0 Å². The molecule has 0 atom stereocenters. The monoisotopic (exact) mass is 400 g/mol. The average molecular weight is 400 g/mol. The number of hydrogen-bond donors (Lipinski definition) is 0. The van der Waals surface area contributed by atoms with Crippen LogP contribution in [0.25, 0.3) is 16.7 Å². The first-order chi connectivity index (χ1) is 14.5. The van der Waals surface area contributed by atoms with Crippen LogP contribution in [0.1, 0.15) is 22.3 Å². The van der Waals surface area contributed by atoms with E-state index in [2.05, 4.69) is 9.97 Å². The second kappa shape index (κ2) is 8.04. The van der Waals surface area contributed by atoms with Crippen LogP contribution in [0.2, 0.25) is 0 Å². The van der Waals surface area contributed by atoms with Crippen LogP contribution in [-0.2, 0) is 6.42 Å². The normalized spacial score (nSPS) is 10.8. The third-order valence-electron chi connectivity index (χ3n) is 4.76. The number of nitro benzene ring substituents is 1. The van der Waals surface area contributed by atoms with E-state index in [0.717, 1.165) is 0 Å². The Hall–Kier alpha value is -4.20. The van der Waals surface area contributed by atoms with Crippen LogP contribution in [0.4, 0.5) is 5.69 Å². The van der Waals surface area contributed by atoms with Gasteiger partial charge in [0.1, 0.15) is 5.65 Å². The number of non-ortho nitro benzene ring substituents is 1. The van der Waals surface area contributed by atoms with Crippen LogP contribution < -0.4 is 5.56 Å². The topological polar surface area (TPSA) is 108 Å². The largest absolute Gasteiger partial charge is 0.294 e. The van der Waals surface area contributed by atoms with Crippen molar-refractivity contribution in [2.24, 2.45) is 0 Å². The number of fused-ring (bicyclic) bond motifs is 1. The Morgan fingerprint density at radius 2 is 1.83 bits per heavy atom. The van der Waals surface area contributed by atoms with E-state index in [1.165, 1.54) is 22.8 Å². The number of benzene rings is 1. The van der Waals surface area contributed by atoms with E-state index in [1.807, 2.05) is 6.07 Å². The molecule has 0 spiro atoms. The molecule has 1 aromatic carbocycles. The average Bonchev–Trinajstić information content (AvgIpc) is 2.78. The molecule has 148 valence electrons. The molecule has 3 heterocycles. The van der Waals surface area contributed by atoms with Gasteiger partial charge in [0.2, 0.25) is 0 Å². The molecule has 0 amide bonds. The van der Waals surface area contributed by atoms with Crippen molar-refractivity contribution in [3.05, 3.63) is 105 Å². The van der Waals surface area contributed by atoms with E-state index in [4.69, 9.17) is 0 Å². The number of pyridine rings is 3. The number of hydrogen-bond acceptors (Lipinski definition) is 6. The molecule has 8 heteroatoms. The molecule has 0 aliphatic rings. The van der Waals surface area contributed by atoms with E-state index < -0.39 is 4.92 Å². The molecule has 0 aliphatic heterocycles. The summed E-state index contributed by atoms with van der Waals surface area (Å²) in [5.74, 6) is -0.0926. The molecule has 0 unspecified atom stereocenters. The Bertz CT molecular complexity index is 1320. The molecule has 4 aromatic rings. The van der Waals surface area contributed by atoms with E-state index in [0.29, 0.717) is 27.8 Å². The van der Waals surface area contributed by atoms with E-state index >= 15 is 0 Å². The van der Waals surface area contributed by atoms with Gasteiger partial charge in [-0.25, -0.2) is 4.98 Å². The maximum atomic E-state index is 13.2. The molecular weight excluding hydrogens is 384 g/mol. The highest BCUT2D eigenvalue weighted by atomic mass is 16.6. The first-order valence-electron chi connectivity index (χ1n) is 9.22. The van der Waals surface area contributed by atoms with Crippen LogP contribution in [-0.4, -0.2) is 25.2 Å². The summed E-state index contributed by atoms with van der Waals surface area (Å²) in [6.07, 6.45) is 5.04. The molecule has 4 rings (SSSR count). The fraction of sp³-hybridized carbons (Fsp3) is 0.0909. The summed E-state index contributed by atoms with van der Waals surface area (Å²) in [7, 11) is 0. The molecule has 0 N–H and O–H groups in total. The summed E-state index contributed by atoms with van der Waals surface area (Å²) in [5.41, 5.74) is 1.23. The molecule has 0 saturated carbocycles. The summed E-state index contributed by atoms with van der Waals surface area (Å²) in [4.78, 5) is 44.5. The highest BCUT2D eigenvalue weighted by Gasteiger charge is 2.16. The second-order valence-electron chi connectivity index (χ2n) is 6.66. The smallest absolute Gasteiger partial charge is 0.271 e. The number of carbonyl (C=O) groups excluding carboxylic acids is 1. The lowest BCUT2D eigenvalue weighted by molar-refractivity contribution is -0.384. The third-order valence-corrected chi connectivity index (χ3v) is 4.76. The fourth-order valence-electron chi connectivity index (χ4n) is 3.29. The Labute approximate surface area is 170 Å². The van der Waals surface area contributed by atoms with Gasteiger partial charge in [-0.15, -0.1) is 0 Å². The molecule has 30 heavy (non-hydrogen) atoms. The van der Waals surface area contributed by atoms with Gasteiger partial charge in [-0.3, -0.25) is 29.3 Å². The van der Waals surface area contributed by atoms with Gasteiger partial charge < -0.3 is 0 Å². The molecular formula is C22H16N4O4. The Morgan fingerprint density at radius 1 is 1.03 bits per heavy atom. The zero-order chi connectivity index (χ0) is 21.1. The maximum absolute atomic E-state index is 13.2. The Morgan fingerprint density at radius 3 is 2.60 bits per heavy atom. The Balaban J connectivity index is 1.78. The molecule has 0 bridgehead atoms. The highest BCUT2D eigenvalue weighted by molar-refractivity contribution is 5.96. The van der Waals surface area contributed by atoms with Crippen molar-refractivity contribution in [1.29, 1.82) is 0 Å². The van der Waals surface area contributed by atoms with Gasteiger partial charge in [-0.05, 0) is 42.8 Å². The summed E-state index contributed by atoms with van der Waals surface area (Å²) in [6.45, 7) is 0. The summed E-state index contributed by atoms with van der Waals surface area (Å²) in [5, 5.41) is 11.9. The van der Waals surface area contributed by atoms with Gasteiger partial charge in [-0.1, -0.05) is 6.07 Å². The number of carbonyl (C=O) groups is 1. The lowest BCUT2D eigenvalue weighted by Crippen LogP contribution is -2.24. The first-order valence-corrected chi connectivity index (χ1v) is 9.22. The molecule has 0 fully saturated rings. The third kappa shape index (κ3) is 3.70. The zero-order valence-corrected chi connectivity index (χ0v) is 15.8. The fourth-order valence-corrected chi connectivity index (χ4v) is 3.29. The number of nitro groups is 1. The minimum atomic E-state index is -0.513. The highest BCUT2D eigenvalue weighted by Crippen LogP contribution is 2.20. The van der Waals surface area contributed by atoms with Crippen molar-refractivity contribution in [1.82, 2.24) is 14.5 Å². The van der Waals surface area contributed by atoms with Crippen molar-refractivity contribution >= 4 is 22.5 Å². The van der Waals surface area contributed by atoms with E-state index in [-0.39, 0.29) is 29.9 Å². The Kier molecular flexibility index (Phi) is 5.13. The predicted molar refractivity (Wildman–Crippen MR) is 111 cm³/mol. The predicted octanol–water partition coefficient (Wildman–Crippen LogP) is 3.50. The SMILES string of the molecule is O=C(CCc1cc2cccnc2n(-c2cccc([N+](=O)[O-])c2)c1=O)c1ccncc1. The molecule has 3 aromatic heterocycles. The van der Waals surface area contributed by atoms with Gasteiger partial charge in [0.05, 0.1) is 10.6 Å². The maximum Gasteiger partial charge on any atom is 0.271 e. The summed E-state index contributed by atoms with van der Waals surface area (Å²) < 4.78 is 1.36. The van der Waals surface area contributed by atoms with Crippen molar-refractivity contribution in [3.8, 4) is 5.69 Å². The molecule has 0 saturated heterocycles. The van der Waals surface area contributed by atoms with Crippen molar-refractivity contribution in [2.75, 3.05) is 0 Å². The van der Waals surface area contributed by atoms with Crippen LogP contribution in [0.3, 0.4) is 0 Å². The summed E-state index contributed by atoms with van der Waals surface area (Å²) in [6, 6.07) is 14.4. The first kappa shape index (κ1) is 19.1. The van der Waals surface area contributed by atoms with Crippen LogP contribution in [0, 0.1) is 10.1 Å². The standard InChI is InChI=1S/C22H16N4O4/c27-20(15-8-11-23-12-9-15)7-6-17-13-16-3-2-10-24-21(16)25(22(17)28)18-4-1-5-19(14-18)26(29)30/h1-5,8-14H,6-7H2. The minimum Gasteiger partial charge on any atom is -0.294 e. The lowest BCUT2D eigenvalue weighted by Gasteiger charge is -2.12. The molecule has 0 aliphatic carbocycles. The van der Waals surface area contributed by atoms with Crippen molar-refractivity contribution in [2.45, 2.75) is 12.8 Å². The zero-order valence-electron chi connectivity index (χ0n) is 15.8. The van der Waals surface area contributed by atoms with E-state index in [9.17, 15) is 19.7 Å². The van der Waals surface area contributed by atoms with Gasteiger partial charge in [0, 0.05) is 53.7 Å². The quantitative estimate of drug-likeness (QED) is 0.278.